The molecule has 1 amide bonds. The number of amides is 1. The Morgan fingerprint density at radius 1 is 1.23 bits per heavy atom. The SMILES string of the molecule is Br.CC(NC(=O)c1ccc(Cl)cc1)c1ccc2c(c1)CCN2. The molecule has 0 aliphatic carbocycles. The first kappa shape index (κ1) is 16.8. The van der Waals surface area contributed by atoms with Gasteiger partial charge >= 0.3 is 0 Å². The maximum absolute atomic E-state index is 12.2. The van der Waals surface area contributed by atoms with Crippen molar-refractivity contribution in [3.63, 3.8) is 0 Å². The van der Waals surface area contributed by atoms with Crippen LogP contribution in [0.4, 0.5) is 5.69 Å². The fourth-order valence-corrected chi connectivity index (χ4v) is 2.68. The number of benzene rings is 2. The zero-order valence-corrected chi connectivity index (χ0v) is 14.7. The van der Waals surface area contributed by atoms with Gasteiger partial charge in [-0.15, -0.1) is 17.0 Å². The van der Waals surface area contributed by atoms with Crippen LogP contribution in [0.3, 0.4) is 0 Å². The van der Waals surface area contributed by atoms with Crippen LogP contribution < -0.4 is 10.6 Å². The minimum atomic E-state index is -0.0854. The van der Waals surface area contributed by atoms with E-state index in [4.69, 9.17) is 11.6 Å². The summed E-state index contributed by atoms with van der Waals surface area (Å²) in [7, 11) is 0. The Kier molecular flexibility index (Phi) is 5.48. The van der Waals surface area contributed by atoms with Crippen molar-refractivity contribution in [2.24, 2.45) is 0 Å². The van der Waals surface area contributed by atoms with Crippen LogP contribution in [0.25, 0.3) is 0 Å². The molecule has 0 saturated carbocycles. The second kappa shape index (κ2) is 7.16. The second-order valence-electron chi connectivity index (χ2n) is 5.30. The summed E-state index contributed by atoms with van der Waals surface area (Å²) < 4.78 is 0. The number of hydrogen-bond donors (Lipinski definition) is 2. The number of fused-ring (bicyclic) bond motifs is 1. The standard InChI is InChI=1S/C17H17ClN2O.BrH/c1-11(13-4-7-16-14(10-13)8-9-19-16)20-17(21)12-2-5-15(18)6-3-12;/h2-7,10-11,19H,8-9H2,1H3,(H,20,21);1H. The van der Waals surface area contributed by atoms with Crippen LogP contribution in [0, 0.1) is 0 Å². The predicted octanol–water partition coefficient (Wildman–Crippen LogP) is 4.38. The van der Waals surface area contributed by atoms with Crippen molar-refractivity contribution >= 4 is 40.2 Å². The number of halogens is 2. The molecule has 1 atom stereocenters. The van der Waals surface area contributed by atoms with E-state index in [0.29, 0.717) is 10.6 Å². The van der Waals surface area contributed by atoms with Gasteiger partial charge in [0.2, 0.25) is 0 Å². The summed E-state index contributed by atoms with van der Waals surface area (Å²) in [5.74, 6) is -0.0854. The van der Waals surface area contributed by atoms with Crippen LogP contribution in [0.15, 0.2) is 42.5 Å². The molecule has 0 fully saturated rings. The molecule has 3 rings (SSSR count). The van der Waals surface area contributed by atoms with Gasteiger partial charge in [-0.2, -0.15) is 0 Å². The van der Waals surface area contributed by atoms with Gasteiger partial charge in [-0.3, -0.25) is 4.79 Å². The molecule has 1 unspecified atom stereocenters. The molecule has 2 aromatic carbocycles. The van der Waals surface area contributed by atoms with Gasteiger partial charge in [-0.1, -0.05) is 23.7 Å². The van der Waals surface area contributed by atoms with Gasteiger partial charge in [-0.25, -0.2) is 0 Å². The van der Waals surface area contributed by atoms with Crippen LogP contribution in [0.1, 0.15) is 34.5 Å². The van der Waals surface area contributed by atoms with Crippen LogP contribution in [-0.4, -0.2) is 12.5 Å². The van der Waals surface area contributed by atoms with Crippen LogP contribution in [0.5, 0.6) is 0 Å². The molecule has 116 valence electrons. The van der Waals surface area contributed by atoms with E-state index in [-0.39, 0.29) is 28.9 Å². The van der Waals surface area contributed by atoms with Crippen molar-refractivity contribution in [2.45, 2.75) is 19.4 Å². The summed E-state index contributed by atoms with van der Waals surface area (Å²) in [5.41, 5.74) is 4.27. The lowest BCUT2D eigenvalue weighted by Crippen LogP contribution is -2.26. The van der Waals surface area contributed by atoms with Crippen molar-refractivity contribution in [3.8, 4) is 0 Å². The second-order valence-corrected chi connectivity index (χ2v) is 5.73. The summed E-state index contributed by atoms with van der Waals surface area (Å²) in [6, 6.07) is 13.2. The van der Waals surface area contributed by atoms with E-state index in [1.54, 1.807) is 24.3 Å². The Morgan fingerprint density at radius 3 is 2.68 bits per heavy atom. The Hall–Kier alpha value is -1.52. The summed E-state index contributed by atoms with van der Waals surface area (Å²) in [6.07, 6.45) is 1.04. The first-order valence-electron chi connectivity index (χ1n) is 7.06. The number of nitrogens with one attached hydrogen (secondary N) is 2. The van der Waals surface area contributed by atoms with Gasteiger partial charge in [0.15, 0.2) is 0 Å². The topological polar surface area (TPSA) is 41.1 Å². The molecule has 1 aliphatic heterocycles. The summed E-state index contributed by atoms with van der Waals surface area (Å²) in [4.78, 5) is 12.2. The third-order valence-corrected chi connectivity index (χ3v) is 4.05. The lowest BCUT2D eigenvalue weighted by molar-refractivity contribution is 0.0940. The molecule has 0 radical (unpaired) electrons. The zero-order chi connectivity index (χ0) is 14.8. The zero-order valence-electron chi connectivity index (χ0n) is 12.2. The van der Waals surface area contributed by atoms with Gasteiger partial charge in [-0.05, 0) is 54.8 Å². The third kappa shape index (κ3) is 3.62. The monoisotopic (exact) mass is 380 g/mol. The molecule has 1 heterocycles. The van der Waals surface area contributed by atoms with Gasteiger partial charge in [0.1, 0.15) is 0 Å². The number of anilines is 1. The normalized spacial score (nSPS) is 13.5. The molecule has 2 N–H and O–H groups in total. The highest BCUT2D eigenvalue weighted by Crippen LogP contribution is 2.25. The van der Waals surface area contributed by atoms with E-state index < -0.39 is 0 Å². The Morgan fingerprint density at radius 2 is 1.95 bits per heavy atom. The van der Waals surface area contributed by atoms with Gasteiger partial charge in [0.25, 0.3) is 5.91 Å². The van der Waals surface area contributed by atoms with Gasteiger partial charge in [0, 0.05) is 22.8 Å². The molecule has 3 nitrogen and oxygen atoms in total. The minimum absolute atomic E-state index is 0. The quantitative estimate of drug-likeness (QED) is 0.828. The van der Waals surface area contributed by atoms with E-state index in [1.165, 1.54) is 11.3 Å². The smallest absolute Gasteiger partial charge is 0.251 e. The molecular formula is C17H18BrClN2O. The number of rotatable bonds is 3. The molecule has 0 spiro atoms. The largest absolute Gasteiger partial charge is 0.384 e. The summed E-state index contributed by atoms with van der Waals surface area (Å²) >= 11 is 5.83. The highest BCUT2D eigenvalue weighted by atomic mass is 79.9. The minimum Gasteiger partial charge on any atom is -0.384 e. The maximum Gasteiger partial charge on any atom is 0.251 e. The number of carbonyl (C=O) groups is 1. The van der Waals surface area contributed by atoms with Gasteiger partial charge < -0.3 is 10.6 Å². The summed E-state index contributed by atoms with van der Waals surface area (Å²) in [6.45, 7) is 2.99. The highest BCUT2D eigenvalue weighted by molar-refractivity contribution is 8.93. The van der Waals surface area contributed by atoms with Crippen molar-refractivity contribution in [2.75, 3.05) is 11.9 Å². The van der Waals surface area contributed by atoms with Crippen molar-refractivity contribution in [3.05, 3.63) is 64.2 Å². The maximum atomic E-state index is 12.2. The molecule has 0 saturated heterocycles. The van der Waals surface area contributed by atoms with E-state index in [9.17, 15) is 4.79 Å². The molecule has 0 bridgehead atoms. The van der Waals surface area contributed by atoms with E-state index >= 15 is 0 Å². The summed E-state index contributed by atoms with van der Waals surface area (Å²) in [5, 5.41) is 6.99. The molecular weight excluding hydrogens is 364 g/mol. The molecule has 1 aliphatic rings. The molecule has 22 heavy (non-hydrogen) atoms. The molecule has 0 aromatic heterocycles. The highest BCUT2D eigenvalue weighted by Gasteiger charge is 2.15. The number of hydrogen-bond acceptors (Lipinski definition) is 2. The number of carbonyl (C=O) groups excluding carboxylic acids is 1. The van der Waals surface area contributed by atoms with Crippen molar-refractivity contribution in [1.29, 1.82) is 0 Å². The first-order chi connectivity index (χ1) is 10.1. The average molecular weight is 382 g/mol. The van der Waals surface area contributed by atoms with Crippen LogP contribution in [-0.2, 0) is 6.42 Å². The lowest BCUT2D eigenvalue weighted by atomic mass is 10.0. The lowest BCUT2D eigenvalue weighted by Gasteiger charge is -2.15. The fourth-order valence-electron chi connectivity index (χ4n) is 2.56. The molecule has 5 heteroatoms. The van der Waals surface area contributed by atoms with Crippen molar-refractivity contribution in [1.82, 2.24) is 5.32 Å². The van der Waals surface area contributed by atoms with E-state index in [0.717, 1.165) is 18.5 Å². The average Bonchev–Trinajstić information content (AvgIpc) is 2.95. The predicted molar refractivity (Wildman–Crippen MR) is 96.3 cm³/mol. The fraction of sp³-hybridized carbons (Fsp3) is 0.235. The van der Waals surface area contributed by atoms with Crippen molar-refractivity contribution < 1.29 is 4.79 Å². The van der Waals surface area contributed by atoms with Crippen LogP contribution >= 0.6 is 28.6 Å². The first-order valence-corrected chi connectivity index (χ1v) is 7.44. The van der Waals surface area contributed by atoms with Crippen LogP contribution in [0.2, 0.25) is 5.02 Å². The third-order valence-electron chi connectivity index (χ3n) is 3.79. The Labute approximate surface area is 145 Å². The molecule has 2 aromatic rings. The van der Waals surface area contributed by atoms with E-state index in [1.807, 2.05) is 6.92 Å². The Bertz CT molecular complexity index is 673. The van der Waals surface area contributed by atoms with E-state index in [2.05, 4.69) is 28.8 Å². The Balaban J connectivity index is 0.00000176. The van der Waals surface area contributed by atoms with Gasteiger partial charge in [0.05, 0.1) is 6.04 Å².